The summed E-state index contributed by atoms with van der Waals surface area (Å²) in [6, 6.07) is 0.0429. The molecule has 0 radical (unpaired) electrons. The Kier molecular flexibility index (Phi) is 3.53. The Morgan fingerprint density at radius 2 is 2.26 bits per heavy atom. The first-order valence-corrected chi connectivity index (χ1v) is 5.92. The lowest BCUT2D eigenvalue weighted by molar-refractivity contribution is -0.142. The molecule has 0 unspecified atom stereocenters. The lowest BCUT2D eigenvalue weighted by Gasteiger charge is -2.11. The summed E-state index contributed by atoms with van der Waals surface area (Å²) in [5.74, 6) is -1.60. The van der Waals surface area contributed by atoms with E-state index >= 15 is 0 Å². The monoisotopic (exact) mass is 277 g/mol. The molecule has 2 N–H and O–H groups in total. The minimum absolute atomic E-state index is 0.0357. The highest BCUT2D eigenvalue weighted by molar-refractivity contribution is 5.90. The van der Waals surface area contributed by atoms with Gasteiger partial charge in [0, 0.05) is 6.04 Å². The molecule has 0 amide bonds. The Labute approximate surface area is 107 Å². The molecule has 1 aliphatic heterocycles. The molecular weight excluding hydrogens is 263 g/mol. The fourth-order valence-corrected chi connectivity index (χ4v) is 2.30. The maximum Gasteiger partial charge on any atom is 0.436 e. The van der Waals surface area contributed by atoms with Crippen molar-refractivity contribution in [2.45, 2.75) is 38.5 Å². The van der Waals surface area contributed by atoms with Crippen molar-refractivity contribution >= 4 is 5.97 Å². The van der Waals surface area contributed by atoms with Crippen LogP contribution in [0.25, 0.3) is 0 Å². The average molecular weight is 277 g/mol. The normalized spacial score (nSPS) is 19.9. The standard InChI is InChI=1S/C11H14F3N3O2/c1-6-8(10(18)19)9(11(12,13)14)16-17(6)5-7-3-2-4-15-7/h7,15H,2-5H2,1H3,(H,18,19)/t7-/m0/s1. The van der Waals surface area contributed by atoms with E-state index in [4.69, 9.17) is 5.11 Å². The lowest BCUT2D eigenvalue weighted by Crippen LogP contribution is -2.27. The number of halogens is 3. The van der Waals surface area contributed by atoms with Gasteiger partial charge in [0.2, 0.25) is 0 Å². The van der Waals surface area contributed by atoms with Crippen molar-refractivity contribution in [3.8, 4) is 0 Å². The molecule has 19 heavy (non-hydrogen) atoms. The van der Waals surface area contributed by atoms with Gasteiger partial charge in [0.05, 0.1) is 12.2 Å². The Morgan fingerprint density at radius 3 is 2.68 bits per heavy atom. The van der Waals surface area contributed by atoms with Crippen LogP contribution < -0.4 is 5.32 Å². The van der Waals surface area contributed by atoms with Crippen LogP contribution in [0.4, 0.5) is 13.2 Å². The first-order valence-electron chi connectivity index (χ1n) is 5.92. The number of rotatable bonds is 3. The third-order valence-corrected chi connectivity index (χ3v) is 3.24. The van der Waals surface area contributed by atoms with E-state index in [9.17, 15) is 18.0 Å². The van der Waals surface area contributed by atoms with Crippen LogP contribution in [0, 0.1) is 6.92 Å². The van der Waals surface area contributed by atoms with Crippen molar-refractivity contribution in [3.05, 3.63) is 17.0 Å². The predicted molar refractivity (Wildman–Crippen MR) is 60.0 cm³/mol. The maximum atomic E-state index is 12.8. The van der Waals surface area contributed by atoms with E-state index in [0.29, 0.717) is 0 Å². The highest BCUT2D eigenvalue weighted by Gasteiger charge is 2.41. The van der Waals surface area contributed by atoms with Crippen LogP contribution in [0.2, 0.25) is 0 Å². The highest BCUT2D eigenvalue weighted by Crippen LogP contribution is 2.32. The molecule has 0 aromatic carbocycles. The van der Waals surface area contributed by atoms with E-state index in [2.05, 4.69) is 10.4 Å². The van der Waals surface area contributed by atoms with Crippen molar-refractivity contribution in [3.63, 3.8) is 0 Å². The number of hydrogen-bond donors (Lipinski definition) is 2. The van der Waals surface area contributed by atoms with Crippen LogP contribution in [-0.4, -0.2) is 33.4 Å². The zero-order valence-electron chi connectivity index (χ0n) is 10.3. The first-order chi connectivity index (χ1) is 8.80. The van der Waals surface area contributed by atoms with Gasteiger partial charge < -0.3 is 10.4 Å². The maximum absolute atomic E-state index is 12.8. The summed E-state index contributed by atoms with van der Waals surface area (Å²) < 4.78 is 39.4. The highest BCUT2D eigenvalue weighted by atomic mass is 19.4. The van der Waals surface area contributed by atoms with Gasteiger partial charge in [0.1, 0.15) is 5.56 Å². The number of aromatic carboxylic acids is 1. The number of carboxylic acids is 1. The molecule has 8 heteroatoms. The van der Waals surface area contributed by atoms with Gasteiger partial charge in [0.15, 0.2) is 5.69 Å². The van der Waals surface area contributed by atoms with Crippen LogP contribution in [0.15, 0.2) is 0 Å². The Hall–Kier alpha value is -1.57. The summed E-state index contributed by atoms with van der Waals surface area (Å²) in [5.41, 5.74) is -2.05. The summed E-state index contributed by atoms with van der Waals surface area (Å²) in [6.07, 6.45) is -2.95. The fraction of sp³-hybridized carbons (Fsp3) is 0.636. The van der Waals surface area contributed by atoms with E-state index in [-0.39, 0.29) is 18.3 Å². The smallest absolute Gasteiger partial charge is 0.436 e. The van der Waals surface area contributed by atoms with Crippen molar-refractivity contribution in [2.24, 2.45) is 0 Å². The molecule has 2 rings (SSSR count). The predicted octanol–water partition coefficient (Wildman–Crippen LogP) is 1.66. The molecule has 0 bridgehead atoms. The minimum atomic E-state index is -4.76. The van der Waals surface area contributed by atoms with Gasteiger partial charge in [-0.25, -0.2) is 4.79 Å². The second-order valence-corrected chi connectivity index (χ2v) is 4.59. The zero-order valence-corrected chi connectivity index (χ0v) is 10.3. The number of carboxylic acid groups (broad SMARTS) is 1. The molecule has 1 aliphatic rings. The van der Waals surface area contributed by atoms with Crippen molar-refractivity contribution in [2.75, 3.05) is 6.54 Å². The molecule has 0 spiro atoms. The molecule has 1 fully saturated rings. The molecule has 1 aromatic rings. The Balaban J connectivity index is 2.37. The number of carbonyl (C=O) groups is 1. The lowest BCUT2D eigenvalue weighted by atomic mass is 10.2. The van der Waals surface area contributed by atoms with E-state index < -0.39 is 23.4 Å². The Morgan fingerprint density at radius 1 is 1.58 bits per heavy atom. The molecule has 106 valence electrons. The molecule has 0 saturated carbocycles. The second kappa shape index (κ2) is 4.84. The van der Waals surface area contributed by atoms with Crippen molar-refractivity contribution < 1.29 is 23.1 Å². The molecule has 1 aromatic heterocycles. The summed E-state index contributed by atoms with van der Waals surface area (Å²) in [7, 11) is 0. The van der Waals surface area contributed by atoms with Gasteiger partial charge in [-0.2, -0.15) is 18.3 Å². The van der Waals surface area contributed by atoms with Gasteiger partial charge >= 0.3 is 12.1 Å². The fourth-order valence-electron chi connectivity index (χ4n) is 2.30. The third-order valence-electron chi connectivity index (χ3n) is 3.24. The summed E-state index contributed by atoms with van der Waals surface area (Å²) in [5, 5.41) is 15.5. The Bertz CT molecular complexity index is 490. The number of alkyl halides is 3. The van der Waals surface area contributed by atoms with Crippen LogP contribution in [0.3, 0.4) is 0 Å². The van der Waals surface area contributed by atoms with Gasteiger partial charge in [-0.1, -0.05) is 0 Å². The van der Waals surface area contributed by atoms with Crippen LogP contribution in [0.1, 0.15) is 34.6 Å². The van der Waals surface area contributed by atoms with Gasteiger partial charge in [-0.3, -0.25) is 4.68 Å². The molecular formula is C11H14F3N3O2. The minimum Gasteiger partial charge on any atom is -0.478 e. The van der Waals surface area contributed by atoms with Crippen LogP contribution in [0.5, 0.6) is 0 Å². The quantitative estimate of drug-likeness (QED) is 0.881. The van der Waals surface area contributed by atoms with Crippen molar-refractivity contribution in [1.82, 2.24) is 15.1 Å². The summed E-state index contributed by atoms with van der Waals surface area (Å²) in [6.45, 7) is 2.42. The van der Waals surface area contributed by atoms with Crippen molar-refractivity contribution in [1.29, 1.82) is 0 Å². The molecule has 0 aliphatic carbocycles. The number of nitrogens with one attached hydrogen (secondary N) is 1. The second-order valence-electron chi connectivity index (χ2n) is 4.59. The van der Waals surface area contributed by atoms with E-state index in [0.717, 1.165) is 24.1 Å². The summed E-state index contributed by atoms with van der Waals surface area (Å²) in [4.78, 5) is 11.0. The van der Waals surface area contributed by atoms with Gasteiger partial charge in [0.25, 0.3) is 0 Å². The largest absolute Gasteiger partial charge is 0.478 e. The van der Waals surface area contributed by atoms with Gasteiger partial charge in [-0.05, 0) is 26.3 Å². The molecule has 5 nitrogen and oxygen atoms in total. The van der Waals surface area contributed by atoms with E-state index in [1.165, 1.54) is 6.92 Å². The molecule has 2 heterocycles. The van der Waals surface area contributed by atoms with Gasteiger partial charge in [-0.15, -0.1) is 0 Å². The topological polar surface area (TPSA) is 67.1 Å². The average Bonchev–Trinajstić information content (AvgIpc) is 2.87. The number of aromatic nitrogens is 2. The number of hydrogen-bond acceptors (Lipinski definition) is 3. The number of nitrogens with zero attached hydrogens (tertiary/aromatic N) is 2. The summed E-state index contributed by atoms with van der Waals surface area (Å²) >= 11 is 0. The third kappa shape index (κ3) is 2.73. The van der Waals surface area contributed by atoms with Crippen LogP contribution in [-0.2, 0) is 12.7 Å². The van der Waals surface area contributed by atoms with E-state index in [1.54, 1.807) is 0 Å². The van der Waals surface area contributed by atoms with E-state index in [1.807, 2.05) is 0 Å². The van der Waals surface area contributed by atoms with Crippen LogP contribution >= 0.6 is 0 Å². The molecule has 1 atom stereocenters. The SMILES string of the molecule is Cc1c(C(=O)O)c(C(F)(F)F)nn1C[C@@H]1CCCN1. The first kappa shape index (κ1) is 13.9. The zero-order chi connectivity index (χ0) is 14.2. The molecule has 1 saturated heterocycles.